The van der Waals surface area contributed by atoms with E-state index < -0.39 is 5.41 Å². The first-order valence-corrected chi connectivity index (χ1v) is 9.35. The molecule has 5 heteroatoms. The molecule has 4 rings (SSSR count). The first-order valence-electron chi connectivity index (χ1n) is 8.97. The van der Waals surface area contributed by atoms with Gasteiger partial charge < -0.3 is 10.2 Å². The van der Waals surface area contributed by atoms with Crippen LogP contribution in [0, 0.1) is 5.41 Å². The van der Waals surface area contributed by atoms with Gasteiger partial charge in [0.1, 0.15) is 5.41 Å². The summed E-state index contributed by atoms with van der Waals surface area (Å²) in [5.41, 5.74) is 2.59. The molecule has 2 aromatic carbocycles. The van der Waals surface area contributed by atoms with Crippen molar-refractivity contribution >= 4 is 23.4 Å². The quantitative estimate of drug-likeness (QED) is 0.841. The average molecular weight is 369 g/mol. The molecule has 1 saturated carbocycles. The van der Waals surface area contributed by atoms with E-state index >= 15 is 0 Å². The normalized spacial score (nSPS) is 17.3. The minimum absolute atomic E-state index is 0.0272. The van der Waals surface area contributed by atoms with Crippen LogP contribution in [0.25, 0.3) is 0 Å². The Morgan fingerprint density at radius 2 is 1.73 bits per heavy atom. The maximum Gasteiger partial charge on any atom is 0.238 e. The highest BCUT2D eigenvalue weighted by Gasteiger charge is 2.58. The molecule has 1 N–H and O–H groups in total. The fraction of sp³-hybridized carbons (Fsp3) is 0.333. The van der Waals surface area contributed by atoms with Gasteiger partial charge in [-0.2, -0.15) is 0 Å². The summed E-state index contributed by atoms with van der Waals surface area (Å²) in [5.74, 6) is -0.183. The molecule has 1 aliphatic carbocycles. The lowest BCUT2D eigenvalue weighted by Gasteiger charge is -2.31. The lowest BCUT2D eigenvalue weighted by atomic mass is 9.97. The average Bonchev–Trinajstić information content (AvgIpc) is 3.48. The molecule has 26 heavy (non-hydrogen) atoms. The zero-order valence-electron chi connectivity index (χ0n) is 14.5. The third kappa shape index (κ3) is 3.21. The molecule has 0 saturated heterocycles. The van der Waals surface area contributed by atoms with E-state index in [1.807, 2.05) is 29.2 Å². The molecule has 2 aromatic rings. The van der Waals surface area contributed by atoms with Gasteiger partial charge in [0.05, 0.1) is 0 Å². The molecule has 1 heterocycles. The van der Waals surface area contributed by atoms with Crippen molar-refractivity contribution in [1.82, 2.24) is 10.2 Å². The highest BCUT2D eigenvalue weighted by Crippen LogP contribution is 2.48. The van der Waals surface area contributed by atoms with Crippen molar-refractivity contribution in [3.8, 4) is 0 Å². The number of halogens is 1. The predicted octanol–water partition coefficient (Wildman–Crippen LogP) is 3.32. The van der Waals surface area contributed by atoms with Crippen molar-refractivity contribution in [2.24, 2.45) is 5.41 Å². The van der Waals surface area contributed by atoms with E-state index in [2.05, 4.69) is 17.4 Å². The zero-order valence-corrected chi connectivity index (χ0v) is 15.3. The number of nitrogens with zero attached hydrogens (tertiary/aromatic N) is 1. The molecule has 0 radical (unpaired) electrons. The smallest absolute Gasteiger partial charge is 0.238 e. The van der Waals surface area contributed by atoms with Crippen LogP contribution in [0.3, 0.4) is 0 Å². The molecular weight excluding hydrogens is 348 g/mol. The Labute approximate surface area is 158 Å². The van der Waals surface area contributed by atoms with Crippen LogP contribution in [0.2, 0.25) is 5.02 Å². The maximum absolute atomic E-state index is 13.0. The molecule has 2 aliphatic rings. The number of benzene rings is 2. The second kappa shape index (κ2) is 6.76. The van der Waals surface area contributed by atoms with Gasteiger partial charge in [-0.1, -0.05) is 48.0 Å². The summed E-state index contributed by atoms with van der Waals surface area (Å²) in [6.45, 7) is 1.69. The Kier molecular flexibility index (Phi) is 4.45. The van der Waals surface area contributed by atoms with Crippen molar-refractivity contribution in [3.63, 3.8) is 0 Å². The zero-order chi connectivity index (χ0) is 18.1. The number of hydrogen-bond donors (Lipinski definition) is 1. The number of rotatable bonds is 4. The number of fused-ring (bicyclic) bond motifs is 1. The number of amides is 2. The minimum Gasteiger partial charge on any atom is -0.351 e. The summed E-state index contributed by atoms with van der Waals surface area (Å²) in [6.07, 6.45) is 2.12. The molecule has 1 aliphatic heterocycles. The number of hydrogen-bond acceptors (Lipinski definition) is 2. The maximum atomic E-state index is 13.0. The fourth-order valence-electron chi connectivity index (χ4n) is 3.59. The molecule has 0 atom stereocenters. The summed E-state index contributed by atoms with van der Waals surface area (Å²) in [6, 6.07) is 15.6. The predicted molar refractivity (Wildman–Crippen MR) is 101 cm³/mol. The van der Waals surface area contributed by atoms with E-state index in [-0.39, 0.29) is 11.8 Å². The number of carbonyl (C=O) groups excluding carboxylic acids is 2. The monoisotopic (exact) mass is 368 g/mol. The molecule has 0 unspecified atom stereocenters. The summed E-state index contributed by atoms with van der Waals surface area (Å²) in [4.78, 5) is 27.6. The van der Waals surface area contributed by atoms with Crippen LogP contribution < -0.4 is 5.32 Å². The van der Waals surface area contributed by atoms with Gasteiger partial charge >= 0.3 is 0 Å². The molecular formula is C21H21ClN2O2. The summed E-state index contributed by atoms with van der Waals surface area (Å²) in [7, 11) is 0. The largest absolute Gasteiger partial charge is 0.351 e. The van der Waals surface area contributed by atoms with E-state index in [9.17, 15) is 9.59 Å². The Bertz CT molecular complexity index is 843. The Hall–Kier alpha value is -2.33. The van der Waals surface area contributed by atoms with Gasteiger partial charge in [-0.25, -0.2) is 0 Å². The molecule has 1 fully saturated rings. The van der Waals surface area contributed by atoms with Crippen LogP contribution in [-0.4, -0.2) is 23.3 Å². The first kappa shape index (κ1) is 17.1. The standard InChI is InChI=1S/C21H21ClN2O2/c22-18-7-5-15(6-8-18)13-23-19(25)21(10-11-21)20(26)24-12-9-16-3-1-2-4-17(16)14-24/h1-8H,9-14H2,(H,23,25). The highest BCUT2D eigenvalue weighted by atomic mass is 35.5. The summed E-state index contributed by atoms with van der Waals surface area (Å²) < 4.78 is 0. The van der Waals surface area contributed by atoms with E-state index in [0.29, 0.717) is 37.5 Å². The van der Waals surface area contributed by atoms with Crippen LogP contribution in [0.15, 0.2) is 48.5 Å². The van der Waals surface area contributed by atoms with Crippen LogP contribution in [0.4, 0.5) is 0 Å². The van der Waals surface area contributed by atoms with Gasteiger partial charge in [0, 0.05) is 24.7 Å². The van der Waals surface area contributed by atoms with E-state index in [0.717, 1.165) is 12.0 Å². The SMILES string of the molecule is O=C(NCc1ccc(Cl)cc1)C1(C(=O)N2CCc3ccccc3C2)CC1. The van der Waals surface area contributed by atoms with Crippen LogP contribution in [0.1, 0.15) is 29.5 Å². The first-order chi connectivity index (χ1) is 12.6. The van der Waals surface area contributed by atoms with Crippen LogP contribution >= 0.6 is 11.6 Å². The second-order valence-electron chi connectivity index (χ2n) is 7.14. The Morgan fingerprint density at radius 3 is 2.42 bits per heavy atom. The van der Waals surface area contributed by atoms with Crippen molar-refractivity contribution in [2.45, 2.75) is 32.4 Å². The van der Waals surface area contributed by atoms with E-state index in [4.69, 9.17) is 11.6 Å². The Morgan fingerprint density at radius 1 is 1.04 bits per heavy atom. The van der Waals surface area contributed by atoms with Crippen molar-refractivity contribution in [1.29, 1.82) is 0 Å². The van der Waals surface area contributed by atoms with Crippen molar-refractivity contribution in [2.75, 3.05) is 6.54 Å². The summed E-state index contributed by atoms with van der Waals surface area (Å²) in [5, 5.41) is 3.60. The molecule has 0 aromatic heterocycles. The minimum atomic E-state index is -0.862. The second-order valence-corrected chi connectivity index (χ2v) is 7.57. The van der Waals surface area contributed by atoms with Gasteiger partial charge in [-0.05, 0) is 48.1 Å². The van der Waals surface area contributed by atoms with Crippen LogP contribution in [-0.2, 0) is 29.1 Å². The van der Waals surface area contributed by atoms with E-state index in [1.165, 1.54) is 11.1 Å². The lowest BCUT2D eigenvalue weighted by molar-refractivity contribution is -0.145. The topological polar surface area (TPSA) is 49.4 Å². The highest BCUT2D eigenvalue weighted by molar-refractivity contribution is 6.30. The Balaban J connectivity index is 1.41. The third-order valence-corrected chi connectivity index (χ3v) is 5.63. The van der Waals surface area contributed by atoms with Gasteiger partial charge in [-0.15, -0.1) is 0 Å². The lowest BCUT2D eigenvalue weighted by Crippen LogP contribution is -2.46. The van der Waals surface area contributed by atoms with Gasteiger partial charge in [0.25, 0.3) is 0 Å². The van der Waals surface area contributed by atoms with E-state index in [1.54, 1.807) is 12.1 Å². The number of nitrogens with one attached hydrogen (secondary N) is 1. The molecule has 2 amide bonds. The van der Waals surface area contributed by atoms with Crippen LogP contribution in [0.5, 0.6) is 0 Å². The molecule has 4 nitrogen and oxygen atoms in total. The molecule has 0 spiro atoms. The summed E-state index contributed by atoms with van der Waals surface area (Å²) >= 11 is 5.88. The van der Waals surface area contributed by atoms with Crippen molar-refractivity contribution < 1.29 is 9.59 Å². The number of carbonyl (C=O) groups is 2. The van der Waals surface area contributed by atoms with Crippen molar-refractivity contribution in [3.05, 3.63) is 70.2 Å². The molecule has 0 bridgehead atoms. The fourth-order valence-corrected chi connectivity index (χ4v) is 3.71. The van der Waals surface area contributed by atoms with Gasteiger partial charge in [-0.3, -0.25) is 9.59 Å². The van der Waals surface area contributed by atoms with Gasteiger partial charge in [0.2, 0.25) is 11.8 Å². The van der Waals surface area contributed by atoms with Gasteiger partial charge in [0.15, 0.2) is 0 Å². The molecule has 134 valence electrons. The third-order valence-electron chi connectivity index (χ3n) is 5.38.